The van der Waals surface area contributed by atoms with E-state index in [0.29, 0.717) is 19.0 Å². The molecular weight excluding hydrogens is 380 g/mol. The molecule has 168 valence electrons. The van der Waals surface area contributed by atoms with Crippen molar-refractivity contribution in [3.8, 4) is 0 Å². The maximum atomic E-state index is 12.8. The third kappa shape index (κ3) is 5.09. The van der Waals surface area contributed by atoms with Crippen molar-refractivity contribution in [3.63, 3.8) is 0 Å². The van der Waals surface area contributed by atoms with Crippen molar-refractivity contribution in [1.82, 2.24) is 20.0 Å². The molecule has 7 heteroatoms. The van der Waals surface area contributed by atoms with E-state index in [4.69, 9.17) is 0 Å². The summed E-state index contributed by atoms with van der Waals surface area (Å²) in [7, 11) is 0. The van der Waals surface area contributed by atoms with Crippen molar-refractivity contribution in [2.45, 2.75) is 76.7 Å². The van der Waals surface area contributed by atoms with Gasteiger partial charge in [0.25, 0.3) is 0 Å². The first-order valence-electron chi connectivity index (χ1n) is 12.2. The zero-order valence-corrected chi connectivity index (χ0v) is 18.3. The molecule has 30 heavy (non-hydrogen) atoms. The lowest BCUT2D eigenvalue weighted by Crippen LogP contribution is -2.51. The zero-order valence-electron chi connectivity index (χ0n) is 18.3. The van der Waals surface area contributed by atoms with Gasteiger partial charge in [-0.3, -0.25) is 9.59 Å². The molecule has 0 atom stereocenters. The molecule has 0 bridgehead atoms. The van der Waals surface area contributed by atoms with Crippen LogP contribution in [0.2, 0.25) is 0 Å². The summed E-state index contributed by atoms with van der Waals surface area (Å²) in [5.74, 6) is 0.725. The maximum absolute atomic E-state index is 12.8. The van der Waals surface area contributed by atoms with Crippen molar-refractivity contribution in [2.75, 3.05) is 39.3 Å². The van der Waals surface area contributed by atoms with Gasteiger partial charge in [-0.25, -0.2) is 4.79 Å². The van der Waals surface area contributed by atoms with E-state index in [0.717, 1.165) is 77.5 Å². The number of hydrogen-bond donors (Lipinski definition) is 1. The molecule has 4 fully saturated rings. The largest absolute Gasteiger partial charge is 0.353 e. The van der Waals surface area contributed by atoms with E-state index in [1.54, 1.807) is 0 Å². The Balaban J connectivity index is 1.16. The number of carbonyl (C=O) groups is 3. The van der Waals surface area contributed by atoms with Gasteiger partial charge in [0, 0.05) is 57.1 Å². The van der Waals surface area contributed by atoms with Gasteiger partial charge in [0.2, 0.25) is 11.8 Å². The lowest BCUT2D eigenvalue weighted by molar-refractivity contribution is -0.137. The number of nitrogens with zero attached hydrogens (tertiary/aromatic N) is 3. The SMILES string of the molecule is O=C(NC1CCN(C(=O)C2CCCCC2)CC1)C1CCN(C(=O)N2CCCC2)CC1. The van der Waals surface area contributed by atoms with Crippen molar-refractivity contribution in [3.05, 3.63) is 0 Å². The Kier molecular flexibility index (Phi) is 7.16. The molecule has 4 rings (SSSR count). The minimum atomic E-state index is 0.00882. The number of carbonyl (C=O) groups excluding carboxylic acids is 3. The molecule has 3 saturated heterocycles. The van der Waals surface area contributed by atoms with Crippen LogP contribution in [0.15, 0.2) is 0 Å². The molecule has 0 spiro atoms. The van der Waals surface area contributed by atoms with Crippen molar-refractivity contribution in [2.24, 2.45) is 11.8 Å². The molecule has 3 heterocycles. The Morgan fingerprint density at radius 1 is 0.567 bits per heavy atom. The molecule has 4 aliphatic rings. The average Bonchev–Trinajstić information content (AvgIpc) is 3.34. The van der Waals surface area contributed by atoms with E-state index < -0.39 is 0 Å². The lowest BCUT2D eigenvalue weighted by atomic mass is 9.87. The molecule has 4 amide bonds. The Morgan fingerprint density at radius 3 is 1.77 bits per heavy atom. The number of piperidine rings is 2. The minimum absolute atomic E-state index is 0.00882. The quantitative estimate of drug-likeness (QED) is 0.766. The van der Waals surface area contributed by atoms with Gasteiger partial charge in [0.15, 0.2) is 0 Å². The van der Waals surface area contributed by atoms with E-state index in [9.17, 15) is 14.4 Å². The Labute approximate surface area is 180 Å². The standard InChI is InChI=1S/C23H38N4O3/c28-21(18-8-14-27(15-9-18)23(30)26-12-4-5-13-26)24-20-10-16-25(17-11-20)22(29)19-6-2-1-3-7-19/h18-20H,1-17H2,(H,24,28). The number of amides is 4. The second kappa shape index (κ2) is 10.0. The zero-order chi connectivity index (χ0) is 20.9. The fraction of sp³-hybridized carbons (Fsp3) is 0.870. The maximum Gasteiger partial charge on any atom is 0.319 e. The Bertz CT molecular complexity index is 612. The molecule has 0 aromatic rings. The fourth-order valence-electron chi connectivity index (χ4n) is 5.61. The van der Waals surface area contributed by atoms with Gasteiger partial charge in [0.1, 0.15) is 0 Å². The van der Waals surface area contributed by atoms with Crippen LogP contribution in [0, 0.1) is 11.8 Å². The van der Waals surface area contributed by atoms with E-state index in [1.165, 1.54) is 19.3 Å². The first kappa shape index (κ1) is 21.4. The molecule has 0 aromatic carbocycles. The van der Waals surface area contributed by atoms with Crippen LogP contribution in [0.5, 0.6) is 0 Å². The second-order valence-electron chi connectivity index (χ2n) is 9.68. The van der Waals surface area contributed by atoms with Crippen LogP contribution < -0.4 is 5.32 Å². The van der Waals surface area contributed by atoms with Crippen LogP contribution in [0.25, 0.3) is 0 Å². The van der Waals surface area contributed by atoms with Gasteiger partial charge in [-0.2, -0.15) is 0 Å². The molecule has 7 nitrogen and oxygen atoms in total. The van der Waals surface area contributed by atoms with Gasteiger partial charge in [-0.1, -0.05) is 19.3 Å². The first-order valence-corrected chi connectivity index (χ1v) is 12.2. The topological polar surface area (TPSA) is 73.0 Å². The summed E-state index contributed by atoms with van der Waals surface area (Å²) in [5.41, 5.74) is 0. The highest BCUT2D eigenvalue weighted by atomic mass is 16.2. The number of nitrogens with one attached hydrogen (secondary N) is 1. The second-order valence-corrected chi connectivity index (χ2v) is 9.68. The van der Waals surface area contributed by atoms with E-state index in [-0.39, 0.29) is 29.8 Å². The van der Waals surface area contributed by atoms with Gasteiger partial charge in [0.05, 0.1) is 0 Å². The van der Waals surface area contributed by atoms with E-state index >= 15 is 0 Å². The number of urea groups is 1. The molecule has 1 N–H and O–H groups in total. The van der Waals surface area contributed by atoms with Gasteiger partial charge in [-0.05, 0) is 51.4 Å². The fourth-order valence-corrected chi connectivity index (χ4v) is 5.61. The van der Waals surface area contributed by atoms with Crippen LogP contribution in [0.4, 0.5) is 4.79 Å². The van der Waals surface area contributed by atoms with Crippen molar-refractivity contribution >= 4 is 17.8 Å². The Hall–Kier alpha value is -1.79. The summed E-state index contributed by atoms with van der Waals surface area (Å²) in [4.78, 5) is 43.9. The summed E-state index contributed by atoms with van der Waals surface area (Å²) in [5, 5.41) is 3.24. The normalized spacial score (nSPS) is 24.9. The highest BCUT2D eigenvalue weighted by Gasteiger charge is 2.33. The van der Waals surface area contributed by atoms with Gasteiger partial charge < -0.3 is 20.0 Å². The van der Waals surface area contributed by atoms with Gasteiger partial charge in [-0.15, -0.1) is 0 Å². The third-order valence-electron chi connectivity index (χ3n) is 7.62. The highest BCUT2D eigenvalue weighted by Crippen LogP contribution is 2.27. The van der Waals surface area contributed by atoms with Crippen molar-refractivity contribution < 1.29 is 14.4 Å². The summed E-state index contributed by atoms with van der Waals surface area (Å²) in [6, 6.07) is 0.332. The summed E-state index contributed by atoms with van der Waals surface area (Å²) >= 11 is 0. The van der Waals surface area contributed by atoms with Crippen LogP contribution in [0.1, 0.15) is 70.6 Å². The average molecular weight is 419 g/mol. The highest BCUT2D eigenvalue weighted by molar-refractivity contribution is 5.80. The van der Waals surface area contributed by atoms with Crippen LogP contribution in [-0.2, 0) is 9.59 Å². The molecule has 0 aromatic heterocycles. The molecule has 3 aliphatic heterocycles. The van der Waals surface area contributed by atoms with E-state index in [1.807, 2.05) is 14.7 Å². The van der Waals surface area contributed by atoms with Crippen molar-refractivity contribution in [1.29, 1.82) is 0 Å². The molecule has 0 unspecified atom stereocenters. The number of rotatable bonds is 3. The first-order chi connectivity index (χ1) is 14.6. The van der Waals surface area contributed by atoms with E-state index in [2.05, 4.69) is 5.32 Å². The molecular formula is C23H38N4O3. The monoisotopic (exact) mass is 418 g/mol. The van der Waals surface area contributed by atoms with Crippen LogP contribution in [-0.4, -0.2) is 77.9 Å². The van der Waals surface area contributed by atoms with Crippen LogP contribution in [0.3, 0.4) is 0 Å². The summed E-state index contributed by atoms with van der Waals surface area (Å²) in [6.45, 7) is 4.65. The minimum Gasteiger partial charge on any atom is -0.353 e. The number of hydrogen-bond acceptors (Lipinski definition) is 3. The predicted molar refractivity (Wildman–Crippen MR) is 115 cm³/mol. The molecule has 1 aliphatic carbocycles. The number of likely N-dealkylation sites (tertiary alicyclic amines) is 3. The molecule has 1 saturated carbocycles. The summed E-state index contributed by atoms with van der Waals surface area (Å²) < 4.78 is 0. The lowest BCUT2D eigenvalue weighted by Gasteiger charge is -2.37. The summed E-state index contributed by atoms with van der Waals surface area (Å²) in [6.07, 6.45) is 11.2. The Morgan fingerprint density at radius 2 is 1.13 bits per heavy atom. The third-order valence-corrected chi connectivity index (χ3v) is 7.62. The van der Waals surface area contributed by atoms with Crippen LogP contribution >= 0.6 is 0 Å². The predicted octanol–water partition coefficient (Wildman–Crippen LogP) is 2.60. The van der Waals surface area contributed by atoms with Gasteiger partial charge >= 0.3 is 6.03 Å². The smallest absolute Gasteiger partial charge is 0.319 e. The molecule has 0 radical (unpaired) electrons.